The summed E-state index contributed by atoms with van der Waals surface area (Å²) in [5, 5.41) is 14.4. The molecule has 2 rings (SSSR count). The molecule has 0 amide bonds. The van der Waals surface area contributed by atoms with E-state index >= 15 is 0 Å². The number of pyridine rings is 1. The molecule has 108 valence electrons. The molecule has 0 aliphatic heterocycles. The zero-order valence-corrected chi connectivity index (χ0v) is 13.0. The van der Waals surface area contributed by atoms with Crippen LogP contribution in [0.4, 0.5) is 0 Å². The average Bonchev–Trinajstić information content (AvgIpc) is 2.91. The van der Waals surface area contributed by atoms with Crippen LogP contribution in [-0.4, -0.2) is 26.8 Å². The van der Waals surface area contributed by atoms with Gasteiger partial charge < -0.3 is 9.84 Å². The lowest BCUT2D eigenvalue weighted by Crippen LogP contribution is -2.07. The molecule has 1 N–H and O–H groups in total. The van der Waals surface area contributed by atoms with Crippen LogP contribution in [0.2, 0.25) is 0 Å². The lowest BCUT2D eigenvalue weighted by molar-refractivity contribution is 0.179. The third-order valence-corrected chi connectivity index (χ3v) is 4.23. The number of ether oxygens (including phenoxy) is 1. The molecule has 0 aromatic carbocycles. The Morgan fingerprint density at radius 1 is 1.35 bits per heavy atom. The van der Waals surface area contributed by atoms with Crippen LogP contribution < -0.4 is 4.74 Å². The molecule has 2 aromatic heterocycles. The fourth-order valence-corrected chi connectivity index (χ4v) is 2.99. The molecular formula is C14H19N3O2S. The van der Waals surface area contributed by atoms with E-state index < -0.39 is 6.10 Å². The van der Waals surface area contributed by atoms with Crippen molar-refractivity contribution >= 4 is 11.5 Å². The molecular weight excluding hydrogens is 274 g/mol. The Bertz CT molecular complexity index is 598. The Hall–Kier alpha value is -1.53. The van der Waals surface area contributed by atoms with Crippen molar-refractivity contribution in [3.05, 3.63) is 33.6 Å². The fourth-order valence-electron chi connectivity index (χ4n) is 2.27. The van der Waals surface area contributed by atoms with Crippen molar-refractivity contribution in [3.8, 4) is 5.75 Å². The summed E-state index contributed by atoms with van der Waals surface area (Å²) in [6, 6.07) is 0. The van der Waals surface area contributed by atoms with E-state index in [1.54, 1.807) is 13.3 Å². The van der Waals surface area contributed by atoms with Gasteiger partial charge in [0.1, 0.15) is 5.75 Å². The van der Waals surface area contributed by atoms with Gasteiger partial charge in [0.25, 0.3) is 0 Å². The molecule has 1 atom stereocenters. The maximum atomic E-state index is 10.4. The van der Waals surface area contributed by atoms with E-state index in [1.807, 2.05) is 20.8 Å². The van der Waals surface area contributed by atoms with Crippen molar-refractivity contribution < 1.29 is 9.84 Å². The molecule has 0 saturated heterocycles. The number of hydrogen-bond donors (Lipinski definition) is 1. The van der Waals surface area contributed by atoms with Crippen LogP contribution in [0.25, 0.3) is 0 Å². The standard InChI is InChI=1S/C14H19N3O2S/c1-5-10-14(20-17-16-10)12(18)6-11-9(3)13(19-4)8(2)7-15-11/h7,12,18H,5-6H2,1-4H3. The molecule has 0 spiro atoms. The Balaban J connectivity index is 2.26. The molecule has 2 aromatic rings. The Kier molecular flexibility index (Phi) is 4.67. The van der Waals surface area contributed by atoms with Crippen LogP contribution in [0.15, 0.2) is 6.20 Å². The predicted octanol–water partition coefficient (Wildman–Crippen LogP) is 2.40. The summed E-state index contributed by atoms with van der Waals surface area (Å²) in [7, 11) is 1.65. The quantitative estimate of drug-likeness (QED) is 0.916. The number of nitrogens with zero attached hydrogens (tertiary/aromatic N) is 3. The highest BCUT2D eigenvalue weighted by molar-refractivity contribution is 7.05. The SMILES string of the molecule is CCc1nnsc1C(O)Cc1ncc(C)c(OC)c1C. The van der Waals surface area contributed by atoms with Gasteiger partial charge in [0.15, 0.2) is 0 Å². The summed E-state index contributed by atoms with van der Waals surface area (Å²) in [6.07, 6.45) is 2.37. The number of aliphatic hydroxyl groups excluding tert-OH is 1. The largest absolute Gasteiger partial charge is 0.496 e. The van der Waals surface area contributed by atoms with Gasteiger partial charge in [-0.1, -0.05) is 11.4 Å². The molecule has 0 fully saturated rings. The van der Waals surface area contributed by atoms with Gasteiger partial charge in [-0.05, 0) is 31.8 Å². The van der Waals surface area contributed by atoms with Gasteiger partial charge in [-0.2, -0.15) is 0 Å². The summed E-state index contributed by atoms with van der Waals surface area (Å²) in [5.41, 5.74) is 3.67. The lowest BCUT2D eigenvalue weighted by Gasteiger charge is -2.14. The highest BCUT2D eigenvalue weighted by atomic mass is 32.1. The first kappa shape index (κ1) is 14.9. The van der Waals surface area contributed by atoms with E-state index in [1.165, 1.54) is 11.5 Å². The minimum atomic E-state index is -0.622. The number of rotatable bonds is 5. The molecule has 0 radical (unpaired) electrons. The zero-order valence-electron chi connectivity index (χ0n) is 12.2. The number of hydrogen-bond acceptors (Lipinski definition) is 6. The van der Waals surface area contributed by atoms with E-state index in [9.17, 15) is 5.11 Å². The fraction of sp³-hybridized carbons (Fsp3) is 0.500. The topological polar surface area (TPSA) is 68.1 Å². The van der Waals surface area contributed by atoms with E-state index in [-0.39, 0.29) is 0 Å². The summed E-state index contributed by atoms with van der Waals surface area (Å²) in [6.45, 7) is 5.93. The van der Waals surface area contributed by atoms with Crippen LogP contribution in [-0.2, 0) is 12.8 Å². The maximum Gasteiger partial charge on any atom is 0.128 e. The van der Waals surface area contributed by atoms with Gasteiger partial charge in [0, 0.05) is 29.4 Å². The second kappa shape index (κ2) is 6.28. The van der Waals surface area contributed by atoms with E-state index in [0.717, 1.165) is 39.6 Å². The molecule has 20 heavy (non-hydrogen) atoms. The van der Waals surface area contributed by atoms with Crippen molar-refractivity contribution in [1.82, 2.24) is 14.6 Å². The third kappa shape index (κ3) is 2.81. The molecule has 1 unspecified atom stereocenters. The average molecular weight is 293 g/mol. The van der Waals surface area contributed by atoms with Crippen molar-refractivity contribution in [2.24, 2.45) is 0 Å². The first-order valence-corrected chi connectivity index (χ1v) is 7.34. The molecule has 0 aliphatic carbocycles. The molecule has 0 aliphatic rings. The molecule has 5 nitrogen and oxygen atoms in total. The van der Waals surface area contributed by atoms with E-state index in [0.29, 0.717) is 6.42 Å². The third-order valence-electron chi connectivity index (χ3n) is 3.36. The molecule has 2 heterocycles. The number of methoxy groups -OCH3 is 1. The summed E-state index contributed by atoms with van der Waals surface area (Å²) >= 11 is 1.25. The smallest absolute Gasteiger partial charge is 0.128 e. The highest BCUT2D eigenvalue weighted by Crippen LogP contribution is 2.29. The van der Waals surface area contributed by atoms with Crippen molar-refractivity contribution in [3.63, 3.8) is 0 Å². The van der Waals surface area contributed by atoms with Crippen molar-refractivity contribution in [1.29, 1.82) is 0 Å². The minimum Gasteiger partial charge on any atom is -0.496 e. The second-order valence-electron chi connectivity index (χ2n) is 4.70. The van der Waals surface area contributed by atoms with Crippen LogP contribution in [0, 0.1) is 13.8 Å². The molecule has 0 saturated carbocycles. The van der Waals surface area contributed by atoms with Gasteiger partial charge in [0.05, 0.1) is 23.8 Å². The first-order chi connectivity index (χ1) is 9.58. The Morgan fingerprint density at radius 3 is 2.75 bits per heavy atom. The summed E-state index contributed by atoms with van der Waals surface area (Å²) in [4.78, 5) is 5.24. The van der Waals surface area contributed by atoms with E-state index in [4.69, 9.17) is 4.74 Å². The van der Waals surface area contributed by atoms with Gasteiger partial charge in [-0.25, -0.2) is 0 Å². The monoisotopic (exact) mass is 293 g/mol. The lowest BCUT2D eigenvalue weighted by atomic mass is 10.0. The predicted molar refractivity (Wildman–Crippen MR) is 78.2 cm³/mol. The summed E-state index contributed by atoms with van der Waals surface area (Å²) in [5.74, 6) is 0.834. The molecule has 6 heteroatoms. The van der Waals surface area contributed by atoms with Crippen molar-refractivity contribution in [2.45, 2.75) is 39.7 Å². The zero-order chi connectivity index (χ0) is 14.7. The van der Waals surface area contributed by atoms with Crippen LogP contribution in [0.1, 0.15) is 40.4 Å². The van der Waals surface area contributed by atoms with Crippen LogP contribution in [0.5, 0.6) is 5.75 Å². The normalized spacial score (nSPS) is 12.4. The van der Waals surface area contributed by atoms with Crippen molar-refractivity contribution in [2.75, 3.05) is 7.11 Å². The number of aliphatic hydroxyl groups is 1. The number of aromatic nitrogens is 3. The Labute approximate surface area is 122 Å². The maximum absolute atomic E-state index is 10.4. The van der Waals surface area contributed by atoms with Gasteiger partial charge in [0.2, 0.25) is 0 Å². The Morgan fingerprint density at radius 2 is 2.10 bits per heavy atom. The number of aryl methyl sites for hydroxylation is 2. The van der Waals surface area contributed by atoms with Gasteiger partial charge >= 0.3 is 0 Å². The van der Waals surface area contributed by atoms with Crippen LogP contribution >= 0.6 is 11.5 Å². The first-order valence-electron chi connectivity index (χ1n) is 6.56. The van der Waals surface area contributed by atoms with Gasteiger partial charge in [-0.3, -0.25) is 4.98 Å². The van der Waals surface area contributed by atoms with E-state index in [2.05, 4.69) is 14.6 Å². The molecule has 0 bridgehead atoms. The van der Waals surface area contributed by atoms with Gasteiger partial charge in [-0.15, -0.1) is 5.10 Å². The second-order valence-corrected chi connectivity index (χ2v) is 5.49. The van der Waals surface area contributed by atoms with Crippen LogP contribution in [0.3, 0.4) is 0 Å². The minimum absolute atomic E-state index is 0.444. The highest BCUT2D eigenvalue weighted by Gasteiger charge is 2.19. The summed E-state index contributed by atoms with van der Waals surface area (Å²) < 4.78 is 9.30.